The molecule has 10 heteroatoms. The number of hydrogen-bond acceptors (Lipinski definition) is 8. The van der Waals surface area contributed by atoms with Crippen molar-refractivity contribution in [1.29, 1.82) is 0 Å². The van der Waals surface area contributed by atoms with Gasteiger partial charge in [-0.15, -0.1) is 10.2 Å². The molecule has 0 unspecified atom stereocenters. The minimum absolute atomic E-state index is 0.514. The van der Waals surface area contributed by atoms with Crippen LogP contribution in [0, 0.1) is 0 Å². The second kappa shape index (κ2) is 10.3. The largest absolute Gasteiger partial charge is 0.306 e. The molecule has 0 aliphatic carbocycles. The van der Waals surface area contributed by atoms with Crippen LogP contribution in [-0.4, -0.2) is 49.1 Å². The zero-order valence-electron chi connectivity index (χ0n) is 25.2. The maximum absolute atomic E-state index is 5.38. The standard InChI is InChI=1S/C38H22N10/c1-4-13-28-23(9-1)19-30(45-44-28)26-15-16-29-35(34(26)38-39-21-24-10-2-3-12-27(24)42-38)43-36(31-20-25-11-5-8-18-48(25)46-31)37(41-29)32-22-47-17-7-6-14-33(47)40-32/h1-22H. The first kappa shape index (κ1) is 26.3. The van der Waals surface area contributed by atoms with Crippen LogP contribution >= 0.6 is 0 Å². The van der Waals surface area contributed by atoms with Crippen LogP contribution in [0.1, 0.15) is 0 Å². The van der Waals surface area contributed by atoms with Crippen molar-refractivity contribution in [3.8, 4) is 45.4 Å². The van der Waals surface area contributed by atoms with Crippen molar-refractivity contribution in [2.24, 2.45) is 0 Å². The van der Waals surface area contributed by atoms with Crippen LogP contribution in [0.3, 0.4) is 0 Å². The number of imidazole rings is 1. The monoisotopic (exact) mass is 618 g/mol. The molecule has 10 rings (SSSR count). The van der Waals surface area contributed by atoms with Gasteiger partial charge >= 0.3 is 0 Å². The number of nitrogens with zero attached hydrogens (tertiary/aromatic N) is 10. The molecule has 48 heavy (non-hydrogen) atoms. The molecule has 0 N–H and O–H groups in total. The molecular weight excluding hydrogens is 596 g/mol. The number of fused-ring (bicyclic) bond motifs is 5. The first-order valence-electron chi connectivity index (χ1n) is 15.4. The van der Waals surface area contributed by atoms with Crippen molar-refractivity contribution in [1.82, 2.24) is 49.1 Å². The van der Waals surface area contributed by atoms with Gasteiger partial charge in [0.2, 0.25) is 0 Å². The minimum atomic E-state index is 0.514. The molecule has 10 aromatic rings. The van der Waals surface area contributed by atoms with E-state index in [2.05, 4.69) is 10.2 Å². The molecule has 0 spiro atoms. The maximum Gasteiger partial charge on any atom is 0.162 e. The van der Waals surface area contributed by atoms with E-state index in [-0.39, 0.29) is 0 Å². The molecule has 7 heterocycles. The Morgan fingerprint density at radius 2 is 1.35 bits per heavy atom. The van der Waals surface area contributed by atoms with Crippen LogP contribution in [-0.2, 0) is 0 Å². The SMILES string of the molecule is c1ccc2nnc(-c3ccc4nc(-c5cn6ccccc6n5)c(-c5cc6ccccn6n5)nc4c3-c3ncc4ccccc4n3)cc2c1. The molecule has 10 nitrogen and oxygen atoms in total. The third kappa shape index (κ3) is 4.20. The molecule has 0 fully saturated rings. The molecule has 224 valence electrons. The molecule has 0 aliphatic rings. The van der Waals surface area contributed by atoms with Gasteiger partial charge in [0, 0.05) is 41.1 Å². The highest BCUT2D eigenvalue weighted by atomic mass is 15.2. The van der Waals surface area contributed by atoms with E-state index in [1.807, 2.05) is 143 Å². The zero-order valence-corrected chi connectivity index (χ0v) is 25.2. The molecule has 0 bridgehead atoms. The number of rotatable bonds is 4. The minimum Gasteiger partial charge on any atom is -0.306 e. The Labute approximate surface area is 272 Å². The summed E-state index contributed by atoms with van der Waals surface area (Å²) in [5.41, 5.74) is 9.45. The Morgan fingerprint density at radius 1 is 0.542 bits per heavy atom. The second-order valence-electron chi connectivity index (χ2n) is 11.5. The average Bonchev–Trinajstić information content (AvgIpc) is 3.78. The van der Waals surface area contributed by atoms with Crippen LogP contribution in [0.15, 0.2) is 134 Å². The average molecular weight is 619 g/mol. The van der Waals surface area contributed by atoms with E-state index in [0.717, 1.165) is 38.5 Å². The highest BCUT2D eigenvalue weighted by Crippen LogP contribution is 2.39. The van der Waals surface area contributed by atoms with Crippen molar-refractivity contribution < 1.29 is 0 Å². The van der Waals surface area contributed by atoms with Gasteiger partial charge in [0.15, 0.2) is 5.82 Å². The highest BCUT2D eigenvalue weighted by Gasteiger charge is 2.24. The Balaban J connectivity index is 1.30. The number of para-hydroxylation sites is 1. The molecule has 0 amide bonds. The van der Waals surface area contributed by atoms with E-state index in [1.165, 1.54) is 0 Å². The van der Waals surface area contributed by atoms with Crippen molar-refractivity contribution >= 4 is 44.0 Å². The predicted molar refractivity (Wildman–Crippen MR) is 185 cm³/mol. The van der Waals surface area contributed by atoms with Gasteiger partial charge < -0.3 is 4.40 Å². The Bertz CT molecular complexity index is 2810. The lowest BCUT2D eigenvalue weighted by molar-refractivity contribution is 0.962. The topological polar surface area (TPSA) is 112 Å². The van der Waals surface area contributed by atoms with Gasteiger partial charge in [-0.25, -0.2) is 29.4 Å². The molecule has 0 saturated carbocycles. The fourth-order valence-corrected chi connectivity index (χ4v) is 6.23. The molecule has 0 saturated heterocycles. The van der Waals surface area contributed by atoms with Crippen LogP contribution in [0.4, 0.5) is 0 Å². The third-order valence-electron chi connectivity index (χ3n) is 8.54. The molecule has 0 radical (unpaired) electrons. The molecular formula is C38H22N10. The molecule has 0 aliphatic heterocycles. The number of benzene rings is 3. The molecule has 3 aromatic carbocycles. The summed E-state index contributed by atoms with van der Waals surface area (Å²) in [5, 5.41) is 16.0. The van der Waals surface area contributed by atoms with Crippen LogP contribution in [0.2, 0.25) is 0 Å². The Morgan fingerprint density at radius 3 is 2.27 bits per heavy atom. The van der Waals surface area contributed by atoms with Crippen LogP contribution in [0.5, 0.6) is 0 Å². The van der Waals surface area contributed by atoms with E-state index < -0.39 is 0 Å². The number of pyridine rings is 2. The van der Waals surface area contributed by atoms with Crippen molar-refractivity contribution in [3.63, 3.8) is 0 Å². The van der Waals surface area contributed by atoms with Gasteiger partial charge in [-0.05, 0) is 60.7 Å². The Hall–Kier alpha value is -6.94. The fraction of sp³-hybridized carbons (Fsp3) is 0. The lowest BCUT2D eigenvalue weighted by Crippen LogP contribution is -2.02. The van der Waals surface area contributed by atoms with Gasteiger partial charge in [-0.3, -0.25) is 0 Å². The van der Waals surface area contributed by atoms with Crippen LogP contribution < -0.4 is 0 Å². The summed E-state index contributed by atoms with van der Waals surface area (Å²) in [6.45, 7) is 0. The summed E-state index contributed by atoms with van der Waals surface area (Å²) < 4.78 is 3.81. The molecule has 0 atom stereocenters. The molecule has 7 aromatic heterocycles. The van der Waals surface area contributed by atoms with Crippen LogP contribution in [0.25, 0.3) is 89.4 Å². The maximum atomic E-state index is 5.38. The summed E-state index contributed by atoms with van der Waals surface area (Å²) in [7, 11) is 0. The summed E-state index contributed by atoms with van der Waals surface area (Å²) >= 11 is 0. The first-order valence-corrected chi connectivity index (χ1v) is 15.4. The first-order chi connectivity index (χ1) is 23.7. The summed E-state index contributed by atoms with van der Waals surface area (Å²) in [5.74, 6) is 0.514. The quantitative estimate of drug-likeness (QED) is 0.200. The number of aromatic nitrogens is 10. The number of hydrogen-bond donors (Lipinski definition) is 0. The normalized spacial score (nSPS) is 11.8. The van der Waals surface area contributed by atoms with E-state index in [4.69, 9.17) is 30.0 Å². The van der Waals surface area contributed by atoms with E-state index >= 15 is 0 Å². The summed E-state index contributed by atoms with van der Waals surface area (Å²) in [6.07, 6.45) is 7.70. The second-order valence-corrected chi connectivity index (χ2v) is 11.5. The van der Waals surface area contributed by atoms with Gasteiger partial charge in [-0.2, -0.15) is 5.10 Å². The van der Waals surface area contributed by atoms with Crippen molar-refractivity contribution in [3.05, 3.63) is 134 Å². The lowest BCUT2D eigenvalue weighted by Gasteiger charge is -2.14. The van der Waals surface area contributed by atoms with Crippen molar-refractivity contribution in [2.45, 2.75) is 0 Å². The smallest absolute Gasteiger partial charge is 0.162 e. The van der Waals surface area contributed by atoms with E-state index in [0.29, 0.717) is 50.9 Å². The predicted octanol–water partition coefficient (Wildman–Crippen LogP) is 7.48. The third-order valence-corrected chi connectivity index (χ3v) is 8.54. The highest BCUT2D eigenvalue weighted by molar-refractivity contribution is 6.01. The zero-order chi connectivity index (χ0) is 31.6. The fourth-order valence-electron chi connectivity index (χ4n) is 6.23. The van der Waals surface area contributed by atoms with Gasteiger partial charge in [0.05, 0.1) is 33.3 Å². The van der Waals surface area contributed by atoms with E-state index in [9.17, 15) is 0 Å². The van der Waals surface area contributed by atoms with E-state index in [1.54, 1.807) is 0 Å². The summed E-state index contributed by atoms with van der Waals surface area (Å²) in [6, 6.07) is 35.7. The van der Waals surface area contributed by atoms with Gasteiger partial charge in [0.25, 0.3) is 0 Å². The van der Waals surface area contributed by atoms with Gasteiger partial charge in [0.1, 0.15) is 33.9 Å². The summed E-state index contributed by atoms with van der Waals surface area (Å²) in [4.78, 5) is 25.4. The van der Waals surface area contributed by atoms with Gasteiger partial charge in [-0.1, -0.05) is 48.5 Å². The Kier molecular flexibility index (Phi) is 5.64. The van der Waals surface area contributed by atoms with Crippen molar-refractivity contribution in [2.75, 3.05) is 0 Å². The lowest BCUT2D eigenvalue weighted by atomic mass is 9.99.